The highest BCUT2D eigenvalue weighted by atomic mass is 28.4. The second-order valence-corrected chi connectivity index (χ2v) is 4.29. The molecule has 0 spiro atoms. The van der Waals surface area contributed by atoms with Crippen molar-refractivity contribution in [3.05, 3.63) is 0 Å². The van der Waals surface area contributed by atoms with Crippen molar-refractivity contribution in [3.8, 4) is 0 Å². The molecule has 0 heterocycles. The molecule has 2 unspecified atom stereocenters. The van der Waals surface area contributed by atoms with Crippen molar-refractivity contribution in [1.82, 2.24) is 0 Å². The zero-order valence-electron chi connectivity index (χ0n) is 8.39. The Morgan fingerprint density at radius 1 is 0.941 bits per heavy atom. The Labute approximate surface area is 95.8 Å². The van der Waals surface area contributed by atoms with Crippen molar-refractivity contribution in [2.75, 3.05) is 13.2 Å². The van der Waals surface area contributed by atoms with E-state index >= 15 is 0 Å². The van der Waals surface area contributed by atoms with Gasteiger partial charge < -0.3 is 38.9 Å². The van der Waals surface area contributed by atoms with Gasteiger partial charge in [-0.1, -0.05) is 0 Å². The predicted molar refractivity (Wildman–Crippen MR) is 48.6 cm³/mol. The normalized spacial score (nSPS) is 14.9. The summed E-state index contributed by atoms with van der Waals surface area (Å²) in [5.41, 5.74) is 0. The third kappa shape index (κ3) is 5.69. The summed E-state index contributed by atoms with van der Waals surface area (Å²) in [7, 11) is -5.23. The molecular formula is C6H12O10Si. The Morgan fingerprint density at radius 3 is 1.47 bits per heavy atom. The average molecular weight is 272 g/mol. The van der Waals surface area contributed by atoms with Gasteiger partial charge in [-0.15, -0.1) is 0 Å². The summed E-state index contributed by atoms with van der Waals surface area (Å²) in [5.74, 6) is -3.23. The minimum atomic E-state index is -5.23. The Kier molecular flexibility index (Phi) is 6.18. The molecule has 0 amide bonds. The van der Waals surface area contributed by atoms with E-state index in [-0.39, 0.29) is 0 Å². The van der Waals surface area contributed by atoms with Gasteiger partial charge in [-0.2, -0.15) is 0 Å². The highest BCUT2D eigenvalue weighted by Gasteiger charge is 2.48. The summed E-state index contributed by atoms with van der Waals surface area (Å²) in [5, 5.41) is 34.1. The Bertz CT molecular complexity index is 252. The molecular weight excluding hydrogens is 260 g/mol. The molecule has 0 radical (unpaired) electrons. The molecule has 17 heavy (non-hydrogen) atoms. The lowest BCUT2D eigenvalue weighted by Crippen LogP contribution is -2.50. The van der Waals surface area contributed by atoms with Crippen LogP contribution in [0.4, 0.5) is 0 Å². The van der Waals surface area contributed by atoms with Crippen LogP contribution in [0.2, 0.25) is 0 Å². The number of hydrogen-bond donors (Lipinski definition) is 6. The fourth-order valence-corrected chi connectivity index (χ4v) is 1.41. The Balaban J connectivity index is 4.38. The molecule has 0 aliphatic heterocycles. The van der Waals surface area contributed by atoms with Crippen LogP contribution in [-0.2, 0) is 18.4 Å². The van der Waals surface area contributed by atoms with Gasteiger partial charge in [0.1, 0.15) is 0 Å². The van der Waals surface area contributed by atoms with E-state index in [0.29, 0.717) is 0 Å². The third-order valence-corrected chi connectivity index (χ3v) is 2.29. The summed E-state index contributed by atoms with van der Waals surface area (Å²) in [4.78, 5) is 39.5. The second kappa shape index (κ2) is 6.60. The van der Waals surface area contributed by atoms with Gasteiger partial charge in [0, 0.05) is 0 Å². The SMILES string of the molecule is O=C(O[Si](O)(O)OC(=O)C(O)CO)C(O)CO. The third-order valence-electron chi connectivity index (χ3n) is 1.36. The average Bonchev–Trinajstić information content (AvgIpc) is 2.25. The summed E-state index contributed by atoms with van der Waals surface area (Å²) in [6, 6.07) is 0. The van der Waals surface area contributed by atoms with Crippen LogP contribution in [0.3, 0.4) is 0 Å². The number of aliphatic hydroxyl groups is 4. The van der Waals surface area contributed by atoms with Crippen LogP contribution in [0.1, 0.15) is 0 Å². The fraction of sp³-hybridized carbons (Fsp3) is 0.667. The van der Waals surface area contributed by atoms with Gasteiger partial charge in [-0.05, 0) is 0 Å². The van der Waals surface area contributed by atoms with E-state index in [1.807, 2.05) is 0 Å². The molecule has 2 atom stereocenters. The molecule has 0 saturated carbocycles. The van der Waals surface area contributed by atoms with Gasteiger partial charge in [0.25, 0.3) is 0 Å². The van der Waals surface area contributed by atoms with Gasteiger partial charge >= 0.3 is 21.0 Å². The Hall–Kier alpha value is -1.08. The van der Waals surface area contributed by atoms with Crippen LogP contribution in [-0.4, -0.2) is 76.4 Å². The summed E-state index contributed by atoms with van der Waals surface area (Å²) >= 11 is 0. The zero-order chi connectivity index (χ0) is 13.6. The lowest BCUT2D eigenvalue weighted by atomic mass is 10.4. The van der Waals surface area contributed by atoms with Crippen LogP contribution < -0.4 is 0 Å². The van der Waals surface area contributed by atoms with E-state index in [0.717, 1.165) is 0 Å². The van der Waals surface area contributed by atoms with Crippen molar-refractivity contribution in [2.24, 2.45) is 0 Å². The summed E-state index contributed by atoms with van der Waals surface area (Å²) in [6.07, 6.45) is -4.05. The molecule has 100 valence electrons. The number of carbonyl (C=O) groups excluding carboxylic acids is 2. The minimum Gasteiger partial charge on any atom is -0.440 e. The van der Waals surface area contributed by atoms with Crippen LogP contribution >= 0.6 is 0 Å². The van der Waals surface area contributed by atoms with Crippen LogP contribution in [0.5, 0.6) is 0 Å². The molecule has 0 aromatic carbocycles. The maximum absolute atomic E-state index is 10.8. The first-order chi connectivity index (χ1) is 7.73. The van der Waals surface area contributed by atoms with E-state index < -0.39 is 46.4 Å². The monoisotopic (exact) mass is 272 g/mol. The van der Waals surface area contributed by atoms with Crippen LogP contribution in [0.25, 0.3) is 0 Å². The number of rotatable bonds is 6. The molecule has 11 heteroatoms. The van der Waals surface area contributed by atoms with Crippen LogP contribution in [0, 0.1) is 0 Å². The first kappa shape index (κ1) is 15.9. The standard InChI is InChI=1S/C6H12O10Si/c7-1-3(9)5(11)15-17(13,14)16-6(12)4(10)2-8/h3-4,7-10,13-14H,1-2H2. The van der Waals surface area contributed by atoms with Gasteiger partial charge in [-0.3, -0.25) is 9.59 Å². The number of hydrogen-bond acceptors (Lipinski definition) is 10. The second-order valence-electron chi connectivity index (χ2n) is 2.79. The zero-order valence-corrected chi connectivity index (χ0v) is 9.39. The van der Waals surface area contributed by atoms with Crippen molar-refractivity contribution < 1.29 is 48.5 Å². The molecule has 0 rings (SSSR count). The largest absolute Gasteiger partial charge is 0.819 e. The van der Waals surface area contributed by atoms with E-state index in [1.165, 1.54) is 0 Å². The molecule has 0 aromatic heterocycles. The minimum absolute atomic E-state index is 1.03. The van der Waals surface area contributed by atoms with E-state index in [9.17, 15) is 9.59 Å². The molecule has 6 N–H and O–H groups in total. The van der Waals surface area contributed by atoms with E-state index in [2.05, 4.69) is 8.85 Å². The lowest BCUT2D eigenvalue weighted by molar-refractivity contribution is -0.161. The lowest BCUT2D eigenvalue weighted by Gasteiger charge is -2.18. The van der Waals surface area contributed by atoms with Gasteiger partial charge in [-0.25, -0.2) is 0 Å². The van der Waals surface area contributed by atoms with Gasteiger partial charge in [0.05, 0.1) is 13.2 Å². The molecule has 0 fully saturated rings. The van der Waals surface area contributed by atoms with E-state index in [1.54, 1.807) is 0 Å². The van der Waals surface area contributed by atoms with Gasteiger partial charge in [0.2, 0.25) is 0 Å². The smallest absolute Gasteiger partial charge is 0.440 e. The first-order valence-corrected chi connectivity index (χ1v) is 5.93. The molecule has 0 bridgehead atoms. The van der Waals surface area contributed by atoms with Gasteiger partial charge in [0.15, 0.2) is 12.2 Å². The number of carbonyl (C=O) groups is 2. The number of aliphatic hydroxyl groups excluding tert-OH is 4. The predicted octanol–water partition coefficient (Wildman–Crippen LogP) is -4.80. The highest BCUT2D eigenvalue weighted by molar-refractivity contribution is 6.54. The highest BCUT2D eigenvalue weighted by Crippen LogP contribution is 2.03. The van der Waals surface area contributed by atoms with Crippen molar-refractivity contribution in [1.29, 1.82) is 0 Å². The molecule has 0 aliphatic rings. The quantitative estimate of drug-likeness (QED) is 0.257. The molecule has 0 aliphatic carbocycles. The maximum atomic E-state index is 10.8. The summed E-state index contributed by atoms with van der Waals surface area (Å²) < 4.78 is 7.64. The Morgan fingerprint density at radius 2 is 1.24 bits per heavy atom. The molecule has 0 saturated heterocycles. The first-order valence-electron chi connectivity index (χ1n) is 4.21. The fourth-order valence-electron chi connectivity index (χ4n) is 0.568. The van der Waals surface area contributed by atoms with Crippen molar-refractivity contribution in [3.63, 3.8) is 0 Å². The van der Waals surface area contributed by atoms with Crippen molar-refractivity contribution in [2.45, 2.75) is 12.2 Å². The molecule has 0 aromatic rings. The molecule has 10 nitrogen and oxygen atoms in total. The summed E-state index contributed by atoms with van der Waals surface area (Å²) in [6.45, 7) is -2.06. The maximum Gasteiger partial charge on any atom is 0.819 e. The topological polar surface area (TPSA) is 174 Å². The van der Waals surface area contributed by atoms with Crippen LogP contribution in [0.15, 0.2) is 0 Å². The van der Waals surface area contributed by atoms with E-state index in [4.69, 9.17) is 30.0 Å². The van der Waals surface area contributed by atoms with Crippen molar-refractivity contribution >= 4 is 21.0 Å².